The molecular formula is C17H19ClN2O. The first kappa shape index (κ1) is 14.4. The third kappa shape index (κ3) is 2.41. The van der Waals surface area contributed by atoms with Gasteiger partial charge in [0.2, 0.25) is 0 Å². The normalized spacial score (nSPS) is 16.4. The van der Waals surface area contributed by atoms with Gasteiger partial charge in [-0.05, 0) is 40.8 Å². The number of carbonyl (C=O) groups excluding carboxylic acids is 1. The molecule has 1 heterocycles. The Balaban J connectivity index is 0.00000132. The third-order valence-corrected chi connectivity index (χ3v) is 4.54. The number of carbonyl (C=O) groups is 1. The Bertz CT molecular complexity index is 684. The quantitative estimate of drug-likeness (QED) is 0.913. The molecule has 0 saturated carbocycles. The molecule has 0 unspecified atom stereocenters. The highest BCUT2D eigenvalue weighted by Gasteiger charge is 2.20. The van der Waals surface area contributed by atoms with E-state index in [9.17, 15) is 4.79 Å². The highest BCUT2D eigenvalue weighted by atomic mass is 35.5. The maximum absolute atomic E-state index is 12.4. The van der Waals surface area contributed by atoms with Gasteiger partial charge < -0.3 is 10.6 Å². The van der Waals surface area contributed by atoms with Crippen molar-refractivity contribution in [2.24, 2.45) is 5.92 Å². The molecule has 0 aromatic heterocycles. The minimum atomic E-state index is 0. The first-order valence-corrected chi connectivity index (χ1v) is 7.35. The van der Waals surface area contributed by atoms with Crippen LogP contribution in [0.1, 0.15) is 21.5 Å². The molecule has 4 rings (SSSR count). The van der Waals surface area contributed by atoms with Crippen molar-refractivity contribution in [3.05, 3.63) is 47.0 Å². The summed E-state index contributed by atoms with van der Waals surface area (Å²) in [5, 5.41) is 8.72. The number of benzene rings is 2. The van der Waals surface area contributed by atoms with Crippen molar-refractivity contribution in [3.63, 3.8) is 0 Å². The van der Waals surface area contributed by atoms with Crippen molar-refractivity contribution in [2.75, 3.05) is 19.6 Å². The van der Waals surface area contributed by atoms with Gasteiger partial charge in [-0.2, -0.15) is 0 Å². The van der Waals surface area contributed by atoms with Crippen LogP contribution in [0.15, 0.2) is 30.3 Å². The SMILES string of the molecule is Cl.O=C(NCC1CNC1)c1ccc2c3c(cccc13)CC2. The molecule has 2 aliphatic rings. The van der Waals surface area contributed by atoms with Crippen LogP contribution < -0.4 is 10.6 Å². The lowest BCUT2D eigenvalue weighted by atomic mass is 9.99. The molecule has 2 N–H and O–H groups in total. The molecule has 0 atom stereocenters. The van der Waals surface area contributed by atoms with E-state index in [4.69, 9.17) is 0 Å². The van der Waals surface area contributed by atoms with Crippen LogP contribution in [-0.4, -0.2) is 25.5 Å². The summed E-state index contributed by atoms with van der Waals surface area (Å²) in [5.74, 6) is 0.656. The lowest BCUT2D eigenvalue weighted by molar-refractivity contribution is 0.0944. The van der Waals surface area contributed by atoms with Gasteiger partial charge in [-0.25, -0.2) is 0 Å². The number of nitrogens with one attached hydrogen (secondary N) is 2. The first-order chi connectivity index (χ1) is 9.83. The zero-order valence-corrected chi connectivity index (χ0v) is 12.6. The fraction of sp³-hybridized carbons (Fsp3) is 0.353. The molecule has 1 fully saturated rings. The smallest absolute Gasteiger partial charge is 0.251 e. The van der Waals surface area contributed by atoms with Gasteiger partial charge in [0.25, 0.3) is 5.91 Å². The Morgan fingerprint density at radius 3 is 2.62 bits per heavy atom. The third-order valence-electron chi connectivity index (χ3n) is 4.54. The van der Waals surface area contributed by atoms with Crippen molar-refractivity contribution < 1.29 is 4.79 Å². The van der Waals surface area contributed by atoms with Crippen molar-refractivity contribution in [1.82, 2.24) is 10.6 Å². The number of rotatable bonds is 3. The van der Waals surface area contributed by atoms with E-state index in [1.165, 1.54) is 16.5 Å². The Morgan fingerprint density at radius 1 is 1.14 bits per heavy atom. The monoisotopic (exact) mass is 302 g/mol. The second-order valence-corrected chi connectivity index (χ2v) is 5.85. The lowest BCUT2D eigenvalue weighted by Gasteiger charge is -2.27. The van der Waals surface area contributed by atoms with Crippen LogP contribution in [0.4, 0.5) is 0 Å². The van der Waals surface area contributed by atoms with Gasteiger partial charge in [-0.3, -0.25) is 4.79 Å². The van der Waals surface area contributed by atoms with Gasteiger partial charge in [-0.1, -0.05) is 24.3 Å². The second kappa shape index (κ2) is 5.66. The second-order valence-electron chi connectivity index (χ2n) is 5.85. The highest BCUT2D eigenvalue weighted by molar-refractivity contribution is 6.09. The Hall–Kier alpha value is -1.58. The largest absolute Gasteiger partial charge is 0.352 e. The topological polar surface area (TPSA) is 41.1 Å². The summed E-state index contributed by atoms with van der Waals surface area (Å²) in [6.45, 7) is 2.81. The standard InChI is InChI=1S/C17H18N2O.ClH/c20-17(19-10-11-8-18-9-11)15-7-6-13-5-4-12-2-1-3-14(15)16(12)13;/h1-3,6-7,11,18H,4-5,8-10H2,(H,19,20);1H. The summed E-state index contributed by atoms with van der Waals surface area (Å²) in [6.07, 6.45) is 2.21. The minimum Gasteiger partial charge on any atom is -0.352 e. The van der Waals surface area contributed by atoms with Crippen molar-refractivity contribution in [2.45, 2.75) is 12.8 Å². The van der Waals surface area contributed by atoms with Gasteiger partial charge in [-0.15, -0.1) is 12.4 Å². The van der Waals surface area contributed by atoms with E-state index in [0.717, 1.165) is 43.4 Å². The Kier molecular flexibility index (Phi) is 3.87. The summed E-state index contributed by atoms with van der Waals surface area (Å²) in [4.78, 5) is 12.4. The zero-order chi connectivity index (χ0) is 13.5. The molecule has 2 aromatic carbocycles. The van der Waals surface area contributed by atoms with Crippen LogP contribution in [0.5, 0.6) is 0 Å². The van der Waals surface area contributed by atoms with Crippen molar-refractivity contribution in [3.8, 4) is 0 Å². The Morgan fingerprint density at radius 2 is 1.90 bits per heavy atom. The van der Waals surface area contributed by atoms with Gasteiger partial charge >= 0.3 is 0 Å². The maximum Gasteiger partial charge on any atom is 0.251 e. The van der Waals surface area contributed by atoms with Crippen molar-refractivity contribution >= 4 is 29.1 Å². The van der Waals surface area contributed by atoms with E-state index in [1.807, 2.05) is 6.07 Å². The maximum atomic E-state index is 12.4. The molecule has 0 radical (unpaired) electrons. The number of halogens is 1. The molecule has 2 aromatic rings. The Labute approximate surface area is 130 Å². The molecular weight excluding hydrogens is 284 g/mol. The summed E-state index contributed by atoms with van der Waals surface area (Å²) in [7, 11) is 0. The fourth-order valence-corrected chi connectivity index (χ4v) is 3.27. The molecule has 0 spiro atoms. The van der Waals surface area contributed by atoms with Gasteiger partial charge in [0.1, 0.15) is 0 Å². The fourth-order valence-electron chi connectivity index (χ4n) is 3.27. The van der Waals surface area contributed by atoms with E-state index >= 15 is 0 Å². The van der Waals surface area contributed by atoms with Crippen LogP contribution >= 0.6 is 12.4 Å². The lowest BCUT2D eigenvalue weighted by Crippen LogP contribution is -2.48. The number of aryl methyl sites for hydroxylation is 2. The predicted octanol–water partition coefficient (Wildman–Crippen LogP) is 2.31. The zero-order valence-electron chi connectivity index (χ0n) is 11.8. The van der Waals surface area contributed by atoms with E-state index in [-0.39, 0.29) is 18.3 Å². The first-order valence-electron chi connectivity index (χ1n) is 7.35. The summed E-state index contributed by atoms with van der Waals surface area (Å²) >= 11 is 0. The highest BCUT2D eigenvalue weighted by Crippen LogP contribution is 2.32. The molecule has 1 aliphatic heterocycles. The summed E-state index contributed by atoms with van der Waals surface area (Å²) in [6, 6.07) is 10.4. The van der Waals surface area contributed by atoms with Gasteiger partial charge in [0.15, 0.2) is 0 Å². The molecule has 1 aliphatic carbocycles. The average Bonchev–Trinajstić information content (AvgIpc) is 2.83. The molecule has 4 heteroatoms. The van der Waals surface area contributed by atoms with Crippen LogP contribution in [-0.2, 0) is 12.8 Å². The van der Waals surface area contributed by atoms with E-state index < -0.39 is 0 Å². The van der Waals surface area contributed by atoms with E-state index in [2.05, 4.69) is 34.9 Å². The van der Waals surface area contributed by atoms with Crippen molar-refractivity contribution in [1.29, 1.82) is 0 Å². The molecule has 1 saturated heterocycles. The average molecular weight is 303 g/mol. The molecule has 3 nitrogen and oxygen atoms in total. The molecule has 110 valence electrons. The number of hydrogen-bond donors (Lipinski definition) is 2. The van der Waals surface area contributed by atoms with Crippen LogP contribution in [0.25, 0.3) is 10.8 Å². The van der Waals surface area contributed by atoms with Gasteiger partial charge in [0, 0.05) is 31.1 Å². The number of hydrogen-bond acceptors (Lipinski definition) is 2. The van der Waals surface area contributed by atoms with E-state index in [1.54, 1.807) is 0 Å². The molecule has 0 bridgehead atoms. The van der Waals surface area contributed by atoms with Crippen LogP contribution in [0.3, 0.4) is 0 Å². The predicted molar refractivity (Wildman–Crippen MR) is 87.3 cm³/mol. The van der Waals surface area contributed by atoms with E-state index in [0.29, 0.717) is 5.92 Å². The summed E-state index contributed by atoms with van der Waals surface area (Å²) in [5.41, 5.74) is 3.59. The minimum absolute atomic E-state index is 0. The van der Waals surface area contributed by atoms with Crippen LogP contribution in [0, 0.1) is 5.92 Å². The molecule has 1 amide bonds. The number of amides is 1. The van der Waals surface area contributed by atoms with Gasteiger partial charge in [0.05, 0.1) is 0 Å². The van der Waals surface area contributed by atoms with Crippen LogP contribution in [0.2, 0.25) is 0 Å². The molecule has 21 heavy (non-hydrogen) atoms. The summed E-state index contributed by atoms with van der Waals surface area (Å²) < 4.78 is 0.